The third-order valence-corrected chi connectivity index (χ3v) is 5.21. The third kappa shape index (κ3) is 23.1. The lowest BCUT2D eigenvalue weighted by molar-refractivity contribution is -0.143. The second-order valence-corrected chi connectivity index (χ2v) is 8.77. The van der Waals surface area contributed by atoms with E-state index in [9.17, 15) is 13.2 Å². The van der Waals surface area contributed by atoms with Crippen LogP contribution in [0.2, 0.25) is 0 Å². The lowest BCUT2D eigenvalue weighted by Crippen LogP contribution is -2.04. The number of rotatable bonds is 19. The maximum Gasteiger partial charge on any atom is 0.305 e. The zero-order chi connectivity index (χ0) is 20.2. The number of carbonyl (C=O) groups is 1. The highest BCUT2D eigenvalue weighted by molar-refractivity contribution is 7.85. The van der Waals surface area contributed by atoms with Gasteiger partial charge in [-0.3, -0.25) is 9.35 Å². The summed E-state index contributed by atoms with van der Waals surface area (Å²) in [5, 5.41) is 0. The molecule has 0 unspecified atom stereocenters. The van der Waals surface area contributed by atoms with Crippen LogP contribution < -0.4 is 0 Å². The fraction of sp³-hybridized carbons (Fsp3) is 0.857. The SMILES string of the molecule is CCCOC(=O)CCCCCCC/C=C/CCCCCCCCS(=O)(=O)O. The molecule has 0 bridgehead atoms. The largest absolute Gasteiger partial charge is 0.466 e. The predicted octanol–water partition coefficient (Wildman–Crippen LogP) is 5.85. The average Bonchev–Trinajstić information content (AvgIpc) is 2.61. The molecule has 1 N–H and O–H groups in total. The number of hydrogen-bond donors (Lipinski definition) is 1. The molecule has 0 radical (unpaired) electrons. The quantitative estimate of drug-likeness (QED) is 0.126. The lowest BCUT2D eigenvalue weighted by Gasteiger charge is -2.03. The van der Waals surface area contributed by atoms with Gasteiger partial charge in [-0.15, -0.1) is 0 Å². The van der Waals surface area contributed by atoms with Crippen LogP contribution in [0, 0.1) is 0 Å². The monoisotopic (exact) mass is 404 g/mol. The summed E-state index contributed by atoms with van der Waals surface area (Å²) in [5.74, 6) is -0.167. The molecular formula is C21H40O5S. The molecule has 0 heterocycles. The van der Waals surface area contributed by atoms with E-state index in [-0.39, 0.29) is 11.7 Å². The van der Waals surface area contributed by atoms with Crippen molar-refractivity contribution >= 4 is 16.1 Å². The van der Waals surface area contributed by atoms with Crippen LogP contribution in [0.3, 0.4) is 0 Å². The number of ether oxygens (including phenoxy) is 1. The summed E-state index contributed by atoms with van der Waals surface area (Å²) in [7, 11) is -3.78. The van der Waals surface area contributed by atoms with E-state index in [1.54, 1.807) is 0 Å². The second kappa shape index (κ2) is 18.5. The summed E-state index contributed by atoms with van der Waals surface area (Å²) in [6.45, 7) is 2.55. The average molecular weight is 405 g/mol. The molecule has 0 saturated carbocycles. The van der Waals surface area contributed by atoms with Crippen molar-refractivity contribution in [2.75, 3.05) is 12.4 Å². The first kappa shape index (κ1) is 26.1. The van der Waals surface area contributed by atoms with Crippen molar-refractivity contribution in [1.29, 1.82) is 0 Å². The minimum Gasteiger partial charge on any atom is -0.466 e. The third-order valence-electron chi connectivity index (χ3n) is 4.41. The van der Waals surface area contributed by atoms with Crippen LogP contribution in [0.5, 0.6) is 0 Å². The Labute approximate surface area is 166 Å². The van der Waals surface area contributed by atoms with E-state index in [0.717, 1.165) is 51.4 Å². The van der Waals surface area contributed by atoms with Crippen molar-refractivity contribution < 1.29 is 22.5 Å². The number of unbranched alkanes of at least 4 members (excludes halogenated alkanes) is 11. The van der Waals surface area contributed by atoms with Gasteiger partial charge < -0.3 is 4.74 Å². The van der Waals surface area contributed by atoms with Crippen molar-refractivity contribution in [3.8, 4) is 0 Å². The summed E-state index contributed by atoms with van der Waals surface area (Å²) in [6.07, 6.45) is 19.9. The Morgan fingerprint density at radius 2 is 1.30 bits per heavy atom. The van der Waals surface area contributed by atoms with Crippen molar-refractivity contribution in [2.24, 2.45) is 0 Å². The van der Waals surface area contributed by atoms with Gasteiger partial charge in [0.2, 0.25) is 0 Å². The Kier molecular flexibility index (Phi) is 17.9. The molecule has 0 atom stereocenters. The highest BCUT2D eigenvalue weighted by atomic mass is 32.2. The predicted molar refractivity (Wildman–Crippen MR) is 111 cm³/mol. The molecule has 6 heteroatoms. The second-order valence-electron chi connectivity index (χ2n) is 7.19. The van der Waals surface area contributed by atoms with Gasteiger partial charge in [0.05, 0.1) is 12.4 Å². The molecule has 0 spiro atoms. The van der Waals surface area contributed by atoms with Crippen molar-refractivity contribution in [2.45, 2.75) is 103 Å². The zero-order valence-corrected chi connectivity index (χ0v) is 18.0. The highest BCUT2D eigenvalue weighted by Crippen LogP contribution is 2.10. The van der Waals surface area contributed by atoms with Crippen LogP contribution in [0.1, 0.15) is 103 Å². The summed E-state index contributed by atoms with van der Waals surface area (Å²) in [5.41, 5.74) is 0. The molecule has 0 aromatic rings. The van der Waals surface area contributed by atoms with Crippen LogP contribution >= 0.6 is 0 Å². The van der Waals surface area contributed by atoms with E-state index in [1.807, 2.05) is 6.92 Å². The minimum atomic E-state index is -3.78. The smallest absolute Gasteiger partial charge is 0.305 e. The number of allylic oxidation sites excluding steroid dienone is 2. The maximum absolute atomic E-state index is 11.3. The Hall–Kier alpha value is -0.880. The molecule has 27 heavy (non-hydrogen) atoms. The number of carbonyl (C=O) groups excluding carboxylic acids is 1. The van der Waals surface area contributed by atoms with Crippen molar-refractivity contribution in [3.05, 3.63) is 12.2 Å². The summed E-state index contributed by atoms with van der Waals surface area (Å²) in [6, 6.07) is 0. The van der Waals surface area contributed by atoms with Crippen LogP contribution in [-0.4, -0.2) is 31.3 Å². The van der Waals surface area contributed by atoms with Gasteiger partial charge in [0.25, 0.3) is 10.1 Å². The van der Waals surface area contributed by atoms with Gasteiger partial charge in [-0.1, -0.05) is 64.0 Å². The van der Waals surface area contributed by atoms with Crippen molar-refractivity contribution in [1.82, 2.24) is 0 Å². The first-order valence-electron chi connectivity index (χ1n) is 10.7. The molecule has 5 nitrogen and oxygen atoms in total. The molecule has 0 amide bonds. The molecule has 0 aliphatic rings. The first-order valence-corrected chi connectivity index (χ1v) is 12.3. The van der Waals surface area contributed by atoms with E-state index in [0.29, 0.717) is 19.4 Å². The Morgan fingerprint density at radius 3 is 1.81 bits per heavy atom. The number of hydrogen-bond acceptors (Lipinski definition) is 4. The van der Waals surface area contributed by atoms with Gasteiger partial charge in [0.1, 0.15) is 0 Å². The fourth-order valence-corrected chi connectivity index (χ4v) is 3.41. The normalized spacial score (nSPS) is 11.9. The van der Waals surface area contributed by atoms with Crippen LogP contribution in [-0.2, 0) is 19.6 Å². The Balaban J connectivity index is 3.22. The van der Waals surface area contributed by atoms with E-state index in [4.69, 9.17) is 9.29 Å². The van der Waals surface area contributed by atoms with Gasteiger partial charge in [-0.25, -0.2) is 0 Å². The Bertz CT molecular complexity index is 471. The van der Waals surface area contributed by atoms with Crippen LogP contribution in [0.25, 0.3) is 0 Å². The van der Waals surface area contributed by atoms with Gasteiger partial charge in [-0.2, -0.15) is 8.42 Å². The summed E-state index contributed by atoms with van der Waals surface area (Å²) < 4.78 is 34.8. The molecule has 0 fully saturated rings. The molecule has 160 valence electrons. The summed E-state index contributed by atoms with van der Waals surface area (Å²) >= 11 is 0. The molecule has 0 aromatic heterocycles. The van der Waals surface area contributed by atoms with Gasteiger partial charge in [0, 0.05) is 6.42 Å². The number of esters is 1. The van der Waals surface area contributed by atoms with E-state index in [1.165, 1.54) is 32.1 Å². The molecule has 0 saturated heterocycles. The topological polar surface area (TPSA) is 80.7 Å². The molecular weight excluding hydrogens is 364 g/mol. The van der Waals surface area contributed by atoms with E-state index in [2.05, 4.69) is 12.2 Å². The van der Waals surface area contributed by atoms with Crippen LogP contribution in [0.4, 0.5) is 0 Å². The molecule has 0 aliphatic heterocycles. The molecule has 0 rings (SSSR count). The minimum absolute atomic E-state index is 0.0575. The molecule has 0 aromatic carbocycles. The van der Waals surface area contributed by atoms with Gasteiger partial charge >= 0.3 is 5.97 Å². The van der Waals surface area contributed by atoms with Crippen molar-refractivity contribution in [3.63, 3.8) is 0 Å². The molecule has 0 aliphatic carbocycles. The lowest BCUT2D eigenvalue weighted by atomic mass is 10.1. The van der Waals surface area contributed by atoms with E-state index < -0.39 is 10.1 Å². The van der Waals surface area contributed by atoms with E-state index >= 15 is 0 Å². The Morgan fingerprint density at radius 1 is 0.815 bits per heavy atom. The van der Waals surface area contributed by atoms with Gasteiger partial charge in [-0.05, 0) is 44.9 Å². The maximum atomic E-state index is 11.3. The fourth-order valence-electron chi connectivity index (χ4n) is 2.84. The standard InChI is InChI=1S/C21H40O5S/c1-2-19-26-21(22)18-16-14-12-10-8-6-4-3-5-7-9-11-13-15-17-20-27(23,24)25/h3-4H,2,5-20H2,1H3,(H,23,24,25)/b4-3+. The first-order chi connectivity index (χ1) is 13.0. The summed E-state index contributed by atoms with van der Waals surface area (Å²) in [4.78, 5) is 11.3. The van der Waals surface area contributed by atoms with Crippen LogP contribution in [0.15, 0.2) is 12.2 Å². The highest BCUT2D eigenvalue weighted by Gasteiger charge is 2.03. The zero-order valence-electron chi connectivity index (χ0n) is 17.2. The van der Waals surface area contributed by atoms with Gasteiger partial charge in [0.15, 0.2) is 0 Å².